The van der Waals surface area contributed by atoms with Gasteiger partial charge in [0.25, 0.3) is 5.91 Å². The van der Waals surface area contributed by atoms with E-state index in [0.717, 1.165) is 6.54 Å². The summed E-state index contributed by atoms with van der Waals surface area (Å²) in [6, 6.07) is 4.33. The number of rotatable bonds is 6. The van der Waals surface area contributed by atoms with Crippen LogP contribution < -0.4 is 0 Å². The van der Waals surface area contributed by atoms with Crippen LogP contribution in [0.15, 0.2) is 18.2 Å². The van der Waals surface area contributed by atoms with E-state index in [0.29, 0.717) is 19.0 Å². The number of likely N-dealkylation sites (N-methyl/N-ethyl adjacent to an activating group) is 1. The number of phenols is 2. The minimum atomic E-state index is -0.337. The molecule has 20 heavy (non-hydrogen) atoms. The van der Waals surface area contributed by atoms with Gasteiger partial charge in [0, 0.05) is 19.6 Å². The third-order valence-electron chi connectivity index (χ3n) is 2.92. The molecule has 0 aliphatic heterocycles. The molecular formula is C15H24N2O3. The molecule has 0 aromatic heterocycles. The van der Waals surface area contributed by atoms with Crippen molar-refractivity contribution in [1.29, 1.82) is 0 Å². The number of benzene rings is 1. The summed E-state index contributed by atoms with van der Waals surface area (Å²) in [7, 11) is 3.88. The van der Waals surface area contributed by atoms with Gasteiger partial charge in [-0.15, -0.1) is 0 Å². The maximum absolute atomic E-state index is 12.5. The topological polar surface area (TPSA) is 64.0 Å². The lowest BCUT2D eigenvalue weighted by Gasteiger charge is -2.26. The molecule has 1 aromatic rings. The fourth-order valence-corrected chi connectivity index (χ4v) is 1.94. The summed E-state index contributed by atoms with van der Waals surface area (Å²) in [5.74, 6) is -0.396. The first-order valence-electron chi connectivity index (χ1n) is 6.78. The van der Waals surface area contributed by atoms with Gasteiger partial charge in [0.1, 0.15) is 17.1 Å². The minimum absolute atomic E-state index is 0.0214. The zero-order valence-corrected chi connectivity index (χ0v) is 12.6. The van der Waals surface area contributed by atoms with Gasteiger partial charge in [-0.1, -0.05) is 19.9 Å². The van der Waals surface area contributed by atoms with Gasteiger partial charge in [-0.2, -0.15) is 0 Å². The van der Waals surface area contributed by atoms with Crippen molar-refractivity contribution in [2.45, 2.75) is 13.8 Å². The lowest BCUT2D eigenvalue weighted by molar-refractivity contribution is 0.0718. The number of carbonyl (C=O) groups is 1. The Morgan fingerprint density at radius 3 is 2.15 bits per heavy atom. The summed E-state index contributed by atoms with van der Waals surface area (Å²) in [4.78, 5) is 16.2. The largest absolute Gasteiger partial charge is 0.507 e. The van der Waals surface area contributed by atoms with E-state index < -0.39 is 0 Å². The van der Waals surface area contributed by atoms with Crippen LogP contribution in [-0.2, 0) is 0 Å². The van der Waals surface area contributed by atoms with Crippen molar-refractivity contribution in [3.8, 4) is 11.5 Å². The number of phenolic OH excluding ortho intramolecular Hbond substituents is 2. The third-order valence-corrected chi connectivity index (χ3v) is 2.92. The standard InChI is InChI=1S/C15H24N2O3/c1-11(2)10-17(9-8-16(3)4)15(20)14-12(18)6-5-7-13(14)19/h5-7,11,18-19H,8-10H2,1-4H3. The van der Waals surface area contributed by atoms with E-state index in [1.54, 1.807) is 4.90 Å². The lowest BCUT2D eigenvalue weighted by Crippen LogP contribution is -2.39. The van der Waals surface area contributed by atoms with Crippen LogP contribution in [0.1, 0.15) is 24.2 Å². The van der Waals surface area contributed by atoms with Gasteiger partial charge in [0.05, 0.1) is 0 Å². The van der Waals surface area contributed by atoms with E-state index in [9.17, 15) is 15.0 Å². The van der Waals surface area contributed by atoms with Crippen LogP contribution in [0.25, 0.3) is 0 Å². The molecule has 5 heteroatoms. The van der Waals surface area contributed by atoms with E-state index in [1.165, 1.54) is 18.2 Å². The van der Waals surface area contributed by atoms with Gasteiger partial charge in [0.2, 0.25) is 0 Å². The quantitative estimate of drug-likeness (QED) is 0.833. The fraction of sp³-hybridized carbons (Fsp3) is 0.533. The molecule has 2 N–H and O–H groups in total. The molecule has 5 nitrogen and oxygen atoms in total. The van der Waals surface area contributed by atoms with E-state index in [2.05, 4.69) is 0 Å². The van der Waals surface area contributed by atoms with Gasteiger partial charge in [0.15, 0.2) is 0 Å². The summed E-state index contributed by atoms with van der Waals surface area (Å²) in [6.45, 7) is 5.92. The summed E-state index contributed by atoms with van der Waals surface area (Å²) >= 11 is 0. The van der Waals surface area contributed by atoms with Crippen LogP contribution in [0.5, 0.6) is 11.5 Å². The zero-order chi connectivity index (χ0) is 15.3. The van der Waals surface area contributed by atoms with Crippen molar-refractivity contribution in [3.05, 3.63) is 23.8 Å². The number of hydrogen-bond donors (Lipinski definition) is 2. The number of carbonyl (C=O) groups excluding carboxylic acids is 1. The molecule has 0 fully saturated rings. The first-order valence-corrected chi connectivity index (χ1v) is 6.78. The van der Waals surface area contributed by atoms with Crippen molar-refractivity contribution in [3.63, 3.8) is 0 Å². The Bertz CT molecular complexity index is 438. The second-order valence-corrected chi connectivity index (χ2v) is 5.62. The van der Waals surface area contributed by atoms with Crippen molar-refractivity contribution >= 4 is 5.91 Å². The molecule has 0 heterocycles. The normalized spacial score (nSPS) is 11.1. The molecule has 0 bridgehead atoms. The Labute approximate surface area is 120 Å². The summed E-state index contributed by atoms with van der Waals surface area (Å²) in [5, 5.41) is 19.6. The lowest BCUT2D eigenvalue weighted by atomic mass is 10.1. The van der Waals surface area contributed by atoms with Gasteiger partial charge >= 0.3 is 0 Å². The molecule has 0 aliphatic rings. The summed E-state index contributed by atoms with van der Waals surface area (Å²) < 4.78 is 0. The summed E-state index contributed by atoms with van der Waals surface area (Å²) in [5.41, 5.74) is -0.0214. The van der Waals surface area contributed by atoms with Gasteiger partial charge in [-0.05, 0) is 32.1 Å². The molecule has 0 saturated carbocycles. The van der Waals surface area contributed by atoms with E-state index >= 15 is 0 Å². The molecule has 1 amide bonds. The molecule has 1 aromatic carbocycles. The highest BCUT2D eigenvalue weighted by atomic mass is 16.3. The fourth-order valence-electron chi connectivity index (χ4n) is 1.94. The van der Waals surface area contributed by atoms with Gasteiger partial charge < -0.3 is 20.0 Å². The zero-order valence-electron chi connectivity index (χ0n) is 12.6. The highest BCUT2D eigenvalue weighted by molar-refractivity contribution is 5.99. The summed E-state index contributed by atoms with van der Waals surface area (Å²) in [6.07, 6.45) is 0. The first-order chi connectivity index (χ1) is 9.32. The van der Waals surface area contributed by atoms with Crippen molar-refractivity contribution < 1.29 is 15.0 Å². The Balaban J connectivity index is 2.97. The Morgan fingerprint density at radius 2 is 1.70 bits per heavy atom. The molecule has 1 rings (SSSR count). The highest BCUT2D eigenvalue weighted by Gasteiger charge is 2.22. The van der Waals surface area contributed by atoms with Crippen molar-refractivity contribution in [2.24, 2.45) is 5.92 Å². The average molecular weight is 280 g/mol. The van der Waals surface area contributed by atoms with Crippen LogP contribution in [-0.4, -0.2) is 59.6 Å². The number of aromatic hydroxyl groups is 2. The van der Waals surface area contributed by atoms with E-state index in [1.807, 2.05) is 32.8 Å². The minimum Gasteiger partial charge on any atom is -0.507 e. The molecule has 0 spiro atoms. The molecule has 0 radical (unpaired) electrons. The Hall–Kier alpha value is -1.75. The molecule has 0 atom stereocenters. The van der Waals surface area contributed by atoms with E-state index in [4.69, 9.17) is 0 Å². The molecule has 0 unspecified atom stereocenters. The monoisotopic (exact) mass is 280 g/mol. The number of hydrogen-bond acceptors (Lipinski definition) is 4. The SMILES string of the molecule is CC(C)CN(CCN(C)C)C(=O)c1c(O)cccc1O. The average Bonchev–Trinajstić information content (AvgIpc) is 2.33. The maximum Gasteiger partial charge on any atom is 0.261 e. The smallest absolute Gasteiger partial charge is 0.261 e. The van der Waals surface area contributed by atoms with Crippen molar-refractivity contribution in [2.75, 3.05) is 33.7 Å². The molecular weight excluding hydrogens is 256 g/mol. The Kier molecular flexibility index (Phi) is 5.82. The van der Waals surface area contributed by atoms with E-state index in [-0.39, 0.29) is 23.0 Å². The third kappa shape index (κ3) is 4.42. The number of amides is 1. The molecule has 112 valence electrons. The predicted octanol–water partition coefficient (Wildman–Crippen LogP) is 1.76. The molecule has 0 aliphatic carbocycles. The number of nitrogens with zero attached hydrogens (tertiary/aromatic N) is 2. The molecule has 0 saturated heterocycles. The Morgan fingerprint density at radius 1 is 1.15 bits per heavy atom. The van der Waals surface area contributed by atoms with Crippen molar-refractivity contribution in [1.82, 2.24) is 9.80 Å². The van der Waals surface area contributed by atoms with Crippen LogP contribution >= 0.6 is 0 Å². The maximum atomic E-state index is 12.5. The van der Waals surface area contributed by atoms with Gasteiger partial charge in [-0.3, -0.25) is 4.79 Å². The van der Waals surface area contributed by atoms with Crippen LogP contribution in [0.3, 0.4) is 0 Å². The first kappa shape index (κ1) is 16.3. The van der Waals surface area contributed by atoms with Crippen LogP contribution in [0.2, 0.25) is 0 Å². The van der Waals surface area contributed by atoms with Crippen LogP contribution in [0.4, 0.5) is 0 Å². The predicted molar refractivity (Wildman–Crippen MR) is 79.1 cm³/mol. The highest BCUT2D eigenvalue weighted by Crippen LogP contribution is 2.27. The van der Waals surface area contributed by atoms with Gasteiger partial charge in [-0.25, -0.2) is 0 Å². The van der Waals surface area contributed by atoms with Crippen LogP contribution in [0, 0.1) is 5.92 Å². The second kappa shape index (κ2) is 7.14. The second-order valence-electron chi connectivity index (χ2n) is 5.62.